The van der Waals surface area contributed by atoms with Gasteiger partial charge in [0.05, 0.1) is 11.6 Å². The highest BCUT2D eigenvalue weighted by atomic mass is 19.1. The van der Waals surface area contributed by atoms with Gasteiger partial charge in [-0.1, -0.05) is 6.07 Å². The third-order valence-corrected chi connectivity index (χ3v) is 2.72. The molecule has 0 saturated heterocycles. The molecule has 1 aromatic carbocycles. The Hall–Kier alpha value is -0.960. The standard InChI is InChI=1S/C11H13F2N/c1-14-11(7-5-6-7)10-8(12)3-2-4-9(10)13/h2-4,7,11H,1,5-6,14H2. The molecule has 14 heavy (non-hydrogen) atoms. The normalized spacial score (nSPS) is 18.2. The highest BCUT2D eigenvalue weighted by Crippen LogP contribution is 2.40. The fourth-order valence-corrected chi connectivity index (χ4v) is 1.83. The van der Waals surface area contributed by atoms with E-state index in [1.807, 2.05) is 0 Å². The average molecular weight is 197 g/mol. The molecule has 1 saturated carbocycles. The summed E-state index contributed by atoms with van der Waals surface area (Å²) < 4.78 is 26.8. The van der Waals surface area contributed by atoms with E-state index in [0.29, 0.717) is 5.92 Å². The average Bonchev–Trinajstić information content (AvgIpc) is 2.95. The van der Waals surface area contributed by atoms with Gasteiger partial charge < -0.3 is 5.32 Å². The lowest BCUT2D eigenvalue weighted by atomic mass is 10.0. The lowest BCUT2D eigenvalue weighted by Gasteiger charge is -2.17. The second-order valence-electron chi connectivity index (χ2n) is 3.73. The Bertz CT molecular complexity index is 314. The first-order valence-corrected chi connectivity index (χ1v) is 4.80. The van der Waals surface area contributed by atoms with Gasteiger partial charge >= 0.3 is 0 Å². The maximum absolute atomic E-state index is 13.4. The van der Waals surface area contributed by atoms with Crippen LogP contribution in [0, 0.1) is 24.6 Å². The molecule has 76 valence electrons. The summed E-state index contributed by atoms with van der Waals surface area (Å²) >= 11 is 0. The van der Waals surface area contributed by atoms with Crippen molar-refractivity contribution in [1.29, 1.82) is 0 Å². The SMILES string of the molecule is [CH2-][NH2+]C(c1c(F)cccc1F)C1CC1. The maximum atomic E-state index is 13.4. The van der Waals surface area contributed by atoms with Gasteiger partial charge in [-0.15, -0.1) is 0 Å². The molecule has 1 unspecified atom stereocenters. The number of rotatable bonds is 3. The molecule has 0 radical (unpaired) electrons. The third-order valence-electron chi connectivity index (χ3n) is 2.72. The van der Waals surface area contributed by atoms with Crippen molar-refractivity contribution in [2.24, 2.45) is 5.92 Å². The van der Waals surface area contributed by atoms with Crippen LogP contribution in [-0.2, 0) is 0 Å². The van der Waals surface area contributed by atoms with Gasteiger partial charge in [-0.2, -0.15) is 7.05 Å². The number of quaternary nitrogens is 1. The summed E-state index contributed by atoms with van der Waals surface area (Å²) in [5, 5.41) is 1.65. The van der Waals surface area contributed by atoms with Crippen LogP contribution in [0.4, 0.5) is 8.78 Å². The molecule has 3 heteroatoms. The van der Waals surface area contributed by atoms with E-state index in [-0.39, 0.29) is 11.6 Å². The molecular weight excluding hydrogens is 184 g/mol. The topological polar surface area (TPSA) is 16.6 Å². The summed E-state index contributed by atoms with van der Waals surface area (Å²) in [4.78, 5) is 0. The second-order valence-corrected chi connectivity index (χ2v) is 3.73. The highest BCUT2D eigenvalue weighted by Gasteiger charge is 2.36. The molecular formula is C11H13F2N. The summed E-state index contributed by atoms with van der Waals surface area (Å²) in [5.74, 6) is -0.525. The van der Waals surface area contributed by atoms with Crippen molar-refractivity contribution >= 4 is 0 Å². The van der Waals surface area contributed by atoms with Crippen LogP contribution < -0.4 is 5.32 Å². The molecule has 1 fully saturated rings. The molecule has 0 aromatic heterocycles. The molecule has 0 aliphatic heterocycles. The first-order chi connectivity index (χ1) is 6.74. The predicted molar refractivity (Wildman–Crippen MR) is 49.1 cm³/mol. The molecule has 2 N–H and O–H groups in total. The summed E-state index contributed by atoms with van der Waals surface area (Å²) in [6.45, 7) is 0. The van der Waals surface area contributed by atoms with Crippen LogP contribution in [0.15, 0.2) is 18.2 Å². The summed E-state index contributed by atoms with van der Waals surface area (Å²) in [5.41, 5.74) is 0.185. The first-order valence-electron chi connectivity index (χ1n) is 4.80. The predicted octanol–water partition coefficient (Wildman–Crippen LogP) is 1.77. The number of benzene rings is 1. The first kappa shape index (κ1) is 9.59. The quantitative estimate of drug-likeness (QED) is 0.711. The Labute approximate surface area is 82.1 Å². The Morgan fingerprint density at radius 2 is 1.86 bits per heavy atom. The van der Waals surface area contributed by atoms with Gasteiger partial charge in [-0.05, 0) is 25.0 Å². The van der Waals surface area contributed by atoms with Crippen LogP contribution in [0.25, 0.3) is 0 Å². The molecule has 1 atom stereocenters. The van der Waals surface area contributed by atoms with Crippen molar-refractivity contribution in [3.05, 3.63) is 42.4 Å². The fraction of sp³-hybridized carbons (Fsp3) is 0.364. The summed E-state index contributed by atoms with van der Waals surface area (Å²) in [6, 6.07) is 3.84. The lowest BCUT2D eigenvalue weighted by molar-refractivity contribution is -0.645. The van der Waals surface area contributed by atoms with Crippen molar-refractivity contribution in [3.8, 4) is 0 Å². The molecule has 1 nitrogen and oxygen atoms in total. The molecule has 1 aromatic rings. The van der Waals surface area contributed by atoms with E-state index in [9.17, 15) is 8.78 Å². The zero-order valence-electron chi connectivity index (χ0n) is 7.84. The smallest absolute Gasteiger partial charge is 0.135 e. The van der Waals surface area contributed by atoms with Crippen LogP contribution in [0.3, 0.4) is 0 Å². The van der Waals surface area contributed by atoms with Crippen LogP contribution in [0.1, 0.15) is 24.4 Å². The molecule has 0 bridgehead atoms. The van der Waals surface area contributed by atoms with Crippen molar-refractivity contribution in [3.63, 3.8) is 0 Å². The summed E-state index contributed by atoms with van der Waals surface area (Å²) in [6.07, 6.45) is 2.09. The number of halogens is 2. The summed E-state index contributed by atoms with van der Waals surface area (Å²) in [7, 11) is 3.65. The monoisotopic (exact) mass is 197 g/mol. The maximum Gasteiger partial charge on any atom is 0.135 e. The Kier molecular flexibility index (Phi) is 2.50. The zero-order chi connectivity index (χ0) is 10.1. The van der Waals surface area contributed by atoms with Gasteiger partial charge in [0.2, 0.25) is 0 Å². The Morgan fingerprint density at radius 3 is 2.29 bits per heavy atom. The third kappa shape index (κ3) is 1.64. The van der Waals surface area contributed by atoms with Gasteiger partial charge in [0.25, 0.3) is 0 Å². The van der Waals surface area contributed by atoms with Gasteiger partial charge in [0, 0.05) is 5.92 Å². The van der Waals surface area contributed by atoms with Crippen LogP contribution in [0.5, 0.6) is 0 Å². The number of hydrogen-bond donors (Lipinski definition) is 1. The van der Waals surface area contributed by atoms with E-state index in [0.717, 1.165) is 12.8 Å². The van der Waals surface area contributed by atoms with Crippen molar-refractivity contribution in [2.45, 2.75) is 18.9 Å². The number of nitrogens with two attached hydrogens (primary N) is 1. The second kappa shape index (κ2) is 3.65. The van der Waals surface area contributed by atoms with Crippen LogP contribution >= 0.6 is 0 Å². The van der Waals surface area contributed by atoms with E-state index in [4.69, 9.17) is 0 Å². The number of hydrogen-bond acceptors (Lipinski definition) is 0. The van der Waals surface area contributed by atoms with Gasteiger partial charge in [-0.25, -0.2) is 8.78 Å². The van der Waals surface area contributed by atoms with Gasteiger partial charge in [-0.3, -0.25) is 0 Å². The lowest BCUT2D eigenvalue weighted by Crippen LogP contribution is -2.79. The molecule has 0 amide bonds. The van der Waals surface area contributed by atoms with Gasteiger partial charge in [0.1, 0.15) is 11.6 Å². The molecule has 0 spiro atoms. The minimum absolute atomic E-state index is 0.156. The van der Waals surface area contributed by atoms with Crippen molar-refractivity contribution in [2.75, 3.05) is 0 Å². The molecule has 0 heterocycles. The Morgan fingerprint density at radius 1 is 1.29 bits per heavy atom. The van der Waals surface area contributed by atoms with Crippen molar-refractivity contribution < 1.29 is 14.1 Å². The van der Waals surface area contributed by atoms with Crippen LogP contribution in [-0.4, -0.2) is 0 Å². The zero-order valence-corrected chi connectivity index (χ0v) is 7.84. The van der Waals surface area contributed by atoms with E-state index in [2.05, 4.69) is 7.05 Å². The van der Waals surface area contributed by atoms with E-state index in [1.54, 1.807) is 5.32 Å². The molecule has 1 aliphatic carbocycles. The Balaban J connectivity index is 2.36. The highest BCUT2D eigenvalue weighted by molar-refractivity contribution is 5.23. The van der Waals surface area contributed by atoms with E-state index >= 15 is 0 Å². The fourth-order valence-electron chi connectivity index (χ4n) is 1.83. The molecule has 2 rings (SSSR count). The minimum Gasteiger partial charge on any atom is -0.472 e. The molecule has 1 aliphatic rings. The van der Waals surface area contributed by atoms with Crippen molar-refractivity contribution in [1.82, 2.24) is 0 Å². The van der Waals surface area contributed by atoms with Crippen LogP contribution in [0.2, 0.25) is 0 Å². The van der Waals surface area contributed by atoms with E-state index < -0.39 is 11.6 Å². The largest absolute Gasteiger partial charge is 0.472 e. The van der Waals surface area contributed by atoms with E-state index in [1.165, 1.54) is 18.2 Å². The minimum atomic E-state index is -0.457. The van der Waals surface area contributed by atoms with Gasteiger partial charge in [0.15, 0.2) is 0 Å².